The molecule has 0 heterocycles. The van der Waals surface area contributed by atoms with Crippen LogP contribution in [0.15, 0.2) is 23.4 Å². The minimum Gasteiger partial charge on any atom is -0.466 e. The van der Waals surface area contributed by atoms with Gasteiger partial charge in [-0.1, -0.05) is 29.7 Å². The van der Waals surface area contributed by atoms with E-state index in [4.69, 9.17) is 16.4 Å². The SMILES string of the molecule is CCC(O/N=C/c1c[c]ccc1Cl)C(=O)OC. The monoisotopic (exact) mass is 254 g/mol. The minimum absolute atomic E-state index is 0.449. The van der Waals surface area contributed by atoms with E-state index < -0.39 is 12.1 Å². The topological polar surface area (TPSA) is 47.9 Å². The number of rotatable bonds is 5. The number of benzene rings is 1. The number of ether oxygens (including phenoxy) is 1. The van der Waals surface area contributed by atoms with Gasteiger partial charge in [-0.15, -0.1) is 0 Å². The van der Waals surface area contributed by atoms with Crippen LogP contribution >= 0.6 is 11.6 Å². The van der Waals surface area contributed by atoms with Crippen LogP contribution in [0.2, 0.25) is 5.02 Å². The van der Waals surface area contributed by atoms with Crippen molar-refractivity contribution in [2.75, 3.05) is 7.11 Å². The highest BCUT2D eigenvalue weighted by Crippen LogP contribution is 2.12. The number of esters is 1. The lowest BCUT2D eigenvalue weighted by Gasteiger charge is -2.09. The molecular formula is C12H13ClNO3. The number of oxime groups is 1. The summed E-state index contributed by atoms with van der Waals surface area (Å²) in [6.45, 7) is 1.81. The molecule has 0 aliphatic heterocycles. The lowest BCUT2D eigenvalue weighted by atomic mass is 10.2. The fourth-order valence-corrected chi connectivity index (χ4v) is 1.27. The van der Waals surface area contributed by atoms with Crippen LogP contribution in [0.25, 0.3) is 0 Å². The predicted octanol–water partition coefficient (Wildman–Crippen LogP) is 2.44. The fourth-order valence-electron chi connectivity index (χ4n) is 1.10. The van der Waals surface area contributed by atoms with Crippen LogP contribution in [0.5, 0.6) is 0 Å². The standard InChI is InChI=1S/C12H13ClNO3/c1-3-11(12(15)16-2)17-14-8-9-6-4-5-7-10(9)13/h5-8,11H,3H2,1-2H3/b14-8+. The second-order valence-electron chi connectivity index (χ2n) is 3.21. The zero-order chi connectivity index (χ0) is 12.7. The lowest BCUT2D eigenvalue weighted by molar-refractivity contribution is -0.154. The van der Waals surface area contributed by atoms with Gasteiger partial charge in [0.05, 0.1) is 13.3 Å². The molecule has 1 rings (SSSR count). The van der Waals surface area contributed by atoms with Crippen molar-refractivity contribution in [3.05, 3.63) is 34.9 Å². The van der Waals surface area contributed by atoms with Gasteiger partial charge >= 0.3 is 5.97 Å². The van der Waals surface area contributed by atoms with Crippen LogP contribution in [-0.4, -0.2) is 25.4 Å². The summed E-state index contributed by atoms with van der Waals surface area (Å²) >= 11 is 5.90. The second kappa shape index (κ2) is 6.91. The summed E-state index contributed by atoms with van der Waals surface area (Å²) in [5.74, 6) is -0.449. The van der Waals surface area contributed by atoms with Crippen LogP contribution in [0, 0.1) is 6.07 Å². The molecule has 1 atom stereocenters. The quantitative estimate of drug-likeness (QED) is 0.461. The Morgan fingerprint density at radius 3 is 3.06 bits per heavy atom. The van der Waals surface area contributed by atoms with Gasteiger partial charge in [-0.05, 0) is 24.6 Å². The van der Waals surface area contributed by atoms with Gasteiger partial charge in [0.2, 0.25) is 6.10 Å². The Morgan fingerprint density at radius 1 is 1.71 bits per heavy atom. The number of carbonyl (C=O) groups excluding carboxylic acids is 1. The average molecular weight is 255 g/mol. The normalized spacial score (nSPS) is 12.4. The van der Waals surface area contributed by atoms with Crippen molar-refractivity contribution in [2.45, 2.75) is 19.4 Å². The molecule has 0 bridgehead atoms. The number of halogens is 1. The van der Waals surface area contributed by atoms with E-state index in [0.717, 1.165) is 0 Å². The zero-order valence-corrected chi connectivity index (χ0v) is 10.4. The molecule has 1 radical (unpaired) electrons. The van der Waals surface area contributed by atoms with Gasteiger partial charge in [0.25, 0.3) is 0 Å². The summed E-state index contributed by atoms with van der Waals surface area (Å²) in [6, 6.07) is 7.93. The molecule has 0 aliphatic carbocycles. The fraction of sp³-hybridized carbons (Fsp3) is 0.333. The van der Waals surface area contributed by atoms with Crippen LogP contribution in [0.1, 0.15) is 18.9 Å². The van der Waals surface area contributed by atoms with Crippen molar-refractivity contribution in [2.24, 2.45) is 5.16 Å². The molecule has 1 aromatic rings. The Balaban J connectivity index is 2.60. The minimum atomic E-state index is -0.692. The summed E-state index contributed by atoms with van der Waals surface area (Å²) in [5.41, 5.74) is 0.675. The molecule has 0 aromatic heterocycles. The van der Waals surface area contributed by atoms with Gasteiger partial charge < -0.3 is 9.57 Å². The first kappa shape index (κ1) is 13.5. The molecule has 0 saturated carbocycles. The maximum Gasteiger partial charge on any atom is 0.349 e. The summed E-state index contributed by atoms with van der Waals surface area (Å²) in [7, 11) is 1.31. The third kappa shape index (κ3) is 4.07. The van der Waals surface area contributed by atoms with Gasteiger partial charge in [-0.2, -0.15) is 0 Å². The van der Waals surface area contributed by atoms with E-state index >= 15 is 0 Å². The zero-order valence-electron chi connectivity index (χ0n) is 9.64. The van der Waals surface area contributed by atoms with Gasteiger partial charge in [0.15, 0.2) is 0 Å². The molecule has 0 fully saturated rings. The molecule has 0 spiro atoms. The van der Waals surface area contributed by atoms with Crippen LogP contribution in [0.3, 0.4) is 0 Å². The van der Waals surface area contributed by atoms with Crippen LogP contribution in [0.4, 0.5) is 0 Å². The van der Waals surface area contributed by atoms with E-state index in [1.807, 2.05) is 0 Å². The van der Waals surface area contributed by atoms with E-state index in [9.17, 15) is 4.79 Å². The van der Waals surface area contributed by atoms with E-state index in [2.05, 4.69) is 16.0 Å². The van der Waals surface area contributed by atoms with E-state index in [0.29, 0.717) is 17.0 Å². The van der Waals surface area contributed by atoms with E-state index in [1.54, 1.807) is 25.1 Å². The second-order valence-corrected chi connectivity index (χ2v) is 3.61. The van der Waals surface area contributed by atoms with Crippen molar-refractivity contribution in [1.82, 2.24) is 0 Å². The third-order valence-electron chi connectivity index (χ3n) is 2.06. The Bertz CT molecular complexity index is 406. The molecule has 4 nitrogen and oxygen atoms in total. The molecule has 91 valence electrons. The van der Waals surface area contributed by atoms with Gasteiger partial charge in [0, 0.05) is 10.6 Å². The Hall–Kier alpha value is -1.55. The molecule has 5 heteroatoms. The highest BCUT2D eigenvalue weighted by molar-refractivity contribution is 6.33. The van der Waals surface area contributed by atoms with E-state index in [-0.39, 0.29) is 0 Å². The first-order chi connectivity index (χ1) is 8.19. The van der Waals surface area contributed by atoms with Crippen molar-refractivity contribution in [3.8, 4) is 0 Å². The van der Waals surface area contributed by atoms with Crippen molar-refractivity contribution >= 4 is 23.8 Å². The summed E-state index contributed by atoms with van der Waals surface area (Å²) in [4.78, 5) is 16.2. The molecule has 0 amide bonds. The number of hydrogen-bond donors (Lipinski definition) is 0. The molecular weight excluding hydrogens is 242 g/mol. The maximum atomic E-state index is 11.2. The Labute approximate surface area is 105 Å². The third-order valence-corrected chi connectivity index (χ3v) is 2.40. The van der Waals surface area contributed by atoms with Crippen molar-refractivity contribution in [1.29, 1.82) is 0 Å². The Morgan fingerprint density at radius 2 is 2.47 bits per heavy atom. The first-order valence-electron chi connectivity index (χ1n) is 5.11. The number of carbonyl (C=O) groups is 1. The van der Waals surface area contributed by atoms with Crippen LogP contribution < -0.4 is 0 Å². The predicted molar refractivity (Wildman–Crippen MR) is 65.1 cm³/mol. The first-order valence-corrected chi connectivity index (χ1v) is 5.49. The molecule has 0 aliphatic rings. The lowest BCUT2D eigenvalue weighted by Crippen LogP contribution is -2.22. The summed E-state index contributed by atoms with van der Waals surface area (Å²) in [5, 5.41) is 4.26. The summed E-state index contributed by atoms with van der Waals surface area (Å²) < 4.78 is 4.56. The molecule has 0 N–H and O–H groups in total. The highest BCUT2D eigenvalue weighted by Gasteiger charge is 2.17. The molecule has 1 aromatic carbocycles. The smallest absolute Gasteiger partial charge is 0.349 e. The number of hydrogen-bond acceptors (Lipinski definition) is 4. The van der Waals surface area contributed by atoms with E-state index in [1.165, 1.54) is 13.3 Å². The van der Waals surface area contributed by atoms with Gasteiger partial charge in [-0.3, -0.25) is 0 Å². The summed E-state index contributed by atoms with van der Waals surface area (Å²) in [6.07, 6.45) is 1.23. The molecule has 0 saturated heterocycles. The van der Waals surface area contributed by atoms with Gasteiger partial charge in [0.1, 0.15) is 0 Å². The highest BCUT2D eigenvalue weighted by atomic mass is 35.5. The van der Waals surface area contributed by atoms with Crippen molar-refractivity contribution in [3.63, 3.8) is 0 Å². The maximum absolute atomic E-state index is 11.2. The average Bonchev–Trinajstić information content (AvgIpc) is 2.36. The Kier molecular flexibility index (Phi) is 5.49. The van der Waals surface area contributed by atoms with Crippen LogP contribution in [-0.2, 0) is 14.4 Å². The molecule has 1 unspecified atom stereocenters. The number of methoxy groups -OCH3 is 1. The van der Waals surface area contributed by atoms with Crippen molar-refractivity contribution < 1.29 is 14.4 Å². The largest absolute Gasteiger partial charge is 0.466 e. The number of nitrogens with zero attached hydrogens (tertiary/aromatic N) is 1. The van der Waals surface area contributed by atoms with Gasteiger partial charge in [-0.25, -0.2) is 4.79 Å². The molecule has 17 heavy (non-hydrogen) atoms.